The highest BCUT2D eigenvalue weighted by Crippen LogP contribution is 2.64. The molecule has 2 saturated carbocycles. The van der Waals surface area contributed by atoms with E-state index in [9.17, 15) is 10.2 Å². The molecule has 3 unspecified atom stereocenters. The molecule has 0 heterocycles. The minimum atomic E-state index is -0.209. The summed E-state index contributed by atoms with van der Waals surface area (Å²) in [6, 6.07) is 0.134. The molecular formula is C19H29NO2. The van der Waals surface area contributed by atoms with Crippen LogP contribution in [0.2, 0.25) is 0 Å². The lowest BCUT2D eigenvalue weighted by Crippen LogP contribution is -2.50. The Labute approximate surface area is 133 Å². The molecule has 3 heteroatoms. The lowest BCUT2D eigenvalue weighted by Gasteiger charge is -2.55. The molecule has 4 rings (SSSR count). The first-order valence-corrected chi connectivity index (χ1v) is 8.91. The fourth-order valence-electron chi connectivity index (χ4n) is 6.15. The van der Waals surface area contributed by atoms with Gasteiger partial charge in [0.25, 0.3) is 0 Å². The maximum atomic E-state index is 10.8. The van der Waals surface area contributed by atoms with Crippen molar-refractivity contribution in [3.8, 4) is 0 Å². The van der Waals surface area contributed by atoms with Crippen molar-refractivity contribution in [1.82, 2.24) is 0 Å². The molecule has 0 radical (unpaired) electrons. The second kappa shape index (κ2) is 4.61. The van der Waals surface area contributed by atoms with Crippen LogP contribution in [-0.2, 0) is 0 Å². The molecule has 7 atom stereocenters. The highest BCUT2D eigenvalue weighted by atomic mass is 16.3. The standard InChI is InChI=1S/C19H29NO2/c1-18-7-5-12(20)9-11(18)10-15(21)17-13-3-4-16(22)19(13,2)8-6-14(17)18/h5,7,11-14,16,21-22H,3-4,6,8-10,20H2,1-2H3/t11?,12?,13-,14+,16?,18-,19-/m0/s1. The van der Waals surface area contributed by atoms with Gasteiger partial charge < -0.3 is 15.9 Å². The Morgan fingerprint density at radius 1 is 1.18 bits per heavy atom. The van der Waals surface area contributed by atoms with Crippen molar-refractivity contribution < 1.29 is 10.2 Å². The third kappa shape index (κ3) is 1.75. The second-order valence-corrected chi connectivity index (χ2v) is 8.67. The van der Waals surface area contributed by atoms with Gasteiger partial charge in [0.1, 0.15) is 0 Å². The number of aliphatic hydroxyl groups is 2. The van der Waals surface area contributed by atoms with Crippen molar-refractivity contribution in [3.05, 3.63) is 23.5 Å². The van der Waals surface area contributed by atoms with E-state index in [4.69, 9.17) is 5.73 Å². The third-order valence-corrected chi connectivity index (χ3v) is 7.67. The van der Waals surface area contributed by atoms with E-state index in [0.717, 1.165) is 38.5 Å². The van der Waals surface area contributed by atoms with Gasteiger partial charge in [-0.15, -0.1) is 0 Å². The Hall–Kier alpha value is -0.800. The summed E-state index contributed by atoms with van der Waals surface area (Å²) in [4.78, 5) is 0. The van der Waals surface area contributed by atoms with Gasteiger partial charge in [0.05, 0.1) is 11.9 Å². The highest BCUT2D eigenvalue weighted by molar-refractivity contribution is 5.33. The van der Waals surface area contributed by atoms with Gasteiger partial charge in [-0.2, -0.15) is 0 Å². The second-order valence-electron chi connectivity index (χ2n) is 8.67. The topological polar surface area (TPSA) is 66.5 Å². The number of aliphatic hydroxyl groups excluding tert-OH is 2. The molecule has 0 aliphatic heterocycles. The SMILES string of the molecule is C[C@]12C=CC(N)CC1CC(O)=C1[C@H]2CC[C@]2(C)C(O)CC[C@@H]12. The molecule has 0 aromatic carbocycles. The zero-order chi connectivity index (χ0) is 15.7. The van der Waals surface area contributed by atoms with E-state index in [-0.39, 0.29) is 23.0 Å². The van der Waals surface area contributed by atoms with Gasteiger partial charge >= 0.3 is 0 Å². The molecule has 22 heavy (non-hydrogen) atoms. The van der Waals surface area contributed by atoms with Crippen LogP contribution in [0.25, 0.3) is 0 Å². The van der Waals surface area contributed by atoms with Crippen LogP contribution in [0, 0.1) is 28.6 Å². The molecule has 2 fully saturated rings. The van der Waals surface area contributed by atoms with Crippen LogP contribution in [0.4, 0.5) is 0 Å². The summed E-state index contributed by atoms with van der Waals surface area (Å²) in [7, 11) is 0. The van der Waals surface area contributed by atoms with Gasteiger partial charge in [-0.1, -0.05) is 26.0 Å². The lowest BCUT2D eigenvalue weighted by molar-refractivity contribution is -0.00986. The van der Waals surface area contributed by atoms with Crippen LogP contribution in [0.5, 0.6) is 0 Å². The number of fused-ring (bicyclic) bond motifs is 5. The highest BCUT2D eigenvalue weighted by Gasteiger charge is 2.58. The first kappa shape index (κ1) is 14.8. The van der Waals surface area contributed by atoms with Gasteiger partial charge in [0.15, 0.2) is 0 Å². The number of rotatable bonds is 0. The average molecular weight is 303 g/mol. The molecule has 0 amide bonds. The molecule has 0 saturated heterocycles. The van der Waals surface area contributed by atoms with Gasteiger partial charge in [0.2, 0.25) is 0 Å². The van der Waals surface area contributed by atoms with E-state index in [1.54, 1.807) is 0 Å². The minimum absolute atomic E-state index is 0.0300. The molecule has 3 nitrogen and oxygen atoms in total. The maximum absolute atomic E-state index is 10.8. The molecule has 4 aliphatic rings. The van der Waals surface area contributed by atoms with Crippen molar-refractivity contribution >= 4 is 0 Å². The van der Waals surface area contributed by atoms with Crippen LogP contribution < -0.4 is 5.73 Å². The van der Waals surface area contributed by atoms with Crippen molar-refractivity contribution in [1.29, 1.82) is 0 Å². The van der Waals surface area contributed by atoms with Crippen molar-refractivity contribution in [2.75, 3.05) is 0 Å². The molecule has 122 valence electrons. The number of allylic oxidation sites excluding steroid dienone is 3. The van der Waals surface area contributed by atoms with Crippen molar-refractivity contribution in [2.24, 2.45) is 34.3 Å². The molecule has 4 aliphatic carbocycles. The fraction of sp³-hybridized carbons (Fsp3) is 0.789. The molecule has 0 aromatic rings. The zero-order valence-corrected chi connectivity index (χ0v) is 13.8. The largest absolute Gasteiger partial charge is 0.512 e. The maximum Gasteiger partial charge on any atom is 0.0923 e. The van der Waals surface area contributed by atoms with E-state index < -0.39 is 0 Å². The van der Waals surface area contributed by atoms with Gasteiger partial charge in [0, 0.05) is 17.9 Å². The quantitative estimate of drug-likeness (QED) is 0.602. The van der Waals surface area contributed by atoms with Gasteiger partial charge in [-0.25, -0.2) is 0 Å². The van der Waals surface area contributed by atoms with Gasteiger partial charge in [-0.3, -0.25) is 0 Å². The van der Waals surface area contributed by atoms with Gasteiger partial charge in [-0.05, 0) is 60.8 Å². The summed E-state index contributed by atoms with van der Waals surface area (Å²) < 4.78 is 0. The van der Waals surface area contributed by atoms with E-state index in [1.165, 1.54) is 5.57 Å². The van der Waals surface area contributed by atoms with Crippen molar-refractivity contribution in [3.63, 3.8) is 0 Å². The first-order chi connectivity index (χ1) is 10.4. The summed E-state index contributed by atoms with van der Waals surface area (Å²) in [5, 5.41) is 21.3. The van der Waals surface area contributed by atoms with Crippen LogP contribution in [0.15, 0.2) is 23.5 Å². The smallest absolute Gasteiger partial charge is 0.0923 e. The monoisotopic (exact) mass is 303 g/mol. The predicted octanol–water partition coefficient (Wildman–Crippen LogP) is 3.30. The summed E-state index contributed by atoms with van der Waals surface area (Å²) >= 11 is 0. The van der Waals surface area contributed by atoms with Crippen LogP contribution in [0.3, 0.4) is 0 Å². The van der Waals surface area contributed by atoms with Crippen LogP contribution in [-0.4, -0.2) is 22.4 Å². The summed E-state index contributed by atoms with van der Waals surface area (Å²) in [5.41, 5.74) is 7.50. The number of hydrogen-bond donors (Lipinski definition) is 3. The normalized spacial score (nSPS) is 53.9. The van der Waals surface area contributed by atoms with Crippen LogP contribution in [0.1, 0.15) is 52.4 Å². The molecular weight excluding hydrogens is 274 g/mol. The van der Waals surface area contributed by atoms with E-state index in [1.807, 2.05) is 0 Å². The zero-order valence-electron chi connectivity index (χ0n) is 13.8. The lowest BCUT2D eigenvalue weighted by atomic mass is 9.49. The summed E-state index contributed by atoms with van der Waals surface area (Å²) in [6.45, 7) is 4.60. The Balaban J connectivity index is 1.78. The number of hydrogen-bond acceptors (Lipinski definition) is 3. The summed E-state index contributed by atoms with van der Waals surface area (Å²) in [5.74, 6) is 1.87. The predicted molar refractivity (Wildman–Crippen MR) is 87.2 cm³/mol. The number of nitrogens with two attached hydrogens (primary N) is 1. The summed E-state index contributed by atoms with van der Waals surface area (Å²) in [6.07, 6.45) is 10.1. The van der Waals surface area contributed by atoms with E-state index in [0.29, 0.717) is 23.5 Å². The third-order valence-electron chi connectivity index (χ3n) is 7.67. The molecule has 4 N–H and O–H groups in total. The Bertz CT molecular complexity index is 554. The average Bonchev–Trinajstić information content (AvgIpc) is 2.77. The Morgan fingerprint density at radius 3 is 2.73 bits per heavy atom. The van der Waals surface area contributed by atoms with E-state index >= 15 is 0 Å². The molecule has 0 spiro atoms. The first-order valence-electron chi connectivity index (χ1n) is 8.91. The minimum Gasteiger partial charge on any atom is -0.512 e. The van der Waals surface area contributed by atoms with Crippen molar-refractivity contribution in [2.45, 2.75) is 64.5 Å². The van der Waals surface area contributed by atoms with E-state index in [2.05, 4.69) is 26.0 Å². The molecule has 0 aromatic heterocycles. The Morgan fingerprint density at radius 2 is 1.95 bits per heavy atom. The fourth-order valence-corrected chi connectivity index (χ4v) is 6.15. The Kier molecular flexibility index (Phi) is 3.09. The van der Waals surface area contributed by atoms with Crippen LogP contribution >= 0.6 is 0 Å². The molecule has 0 bridgehead atoms.